The van der Waals surface area contributed by atoms with Gasteiger partial charge in [0.2, 0.25) is 5.91 Å². The van der Waals surface area contributed by atoms with Crippen molar-refractivity contribution in [3.05, 3.63) is 71.2 Å². The molecule has 0 aliphatic carbocycles. The van der Waals surface area contributed by atoms with Crippen molar-refractivity contribution < 1.29 is 9.59 Å². The average molecular weight is 389 g/mol. The van der Waals surface area contributed by atoms with Gasteiger partial charge in [0.1, 0.15) is 17.8 Å². The minimum atomic E-state index is -0.300. The monoisotopic (exact) mass is 389 g/mol. The molecule has 7 heteroatoms. The summed E-state index contributed by atoms with van der Waals surface area (Å²) in [6.45, 7) is 7.41. The number of carbonyl (C=O) groups excluding carboxylic acids is 2. The van der Waals surface area contributed by atoms with E-state index in [1.54, 1.807) is 18.2 Å². The molecular weight excluding hydrogens is 366 g/mol. The Balaban J connectivity index is 1.74. The minimum Gasteiger partial charge on any atom is -0.340 e. The molecule has 3 rings (SSSR count). The zero-order valence-electron chi connectivity index (χ0n) is 16.8. The molecule has 0 saturated carbocycles. The Morgan fingerprint density at radius 3 is 2.07 bits per heavy atom. The first-order valence-corrected chi connectivity index (χ1v) is 9.18. The smallest absolute Gasteiger partial charge is 0.274 e. The lowest BCUT2D eigenvalue weighted by atomic mass is 10.0. The van der Waals surface area contributed by atoms with Crippen LogP contribution in [0.25, 0.3) is 0 Å². The van der Waals surface area contributed by atoms with E-state index in [-0.39, 0.29) is 17.5 Å². The average Bonchev–Trinajstić information content (AvgIpc) is 2.66. The van der Waals surface area contributed by atoms with Crippen LogP contribution in [0.5, 0.6) is 0 Å². The van der Waals surface area contributed by atoms with Crippen LogP contribution in [0.2, 0.25) is 0 Å². The summed E-state index contributed by atoms with van der Waals surface area (Å²) in [4.78, 5) is 32.0. The van der Waals surface area contributed by atoms with Crippen molar-refractivity contribution in [1.82, 2.24) is 9.97 Å². The Kier molecular flexibility index (Phi) is 5.87. The SMILES string of the molecule is CC(=O)Nc1ccc(Nc2cc(C(=O)Nc3c(C)cc(C)cc3C)ncn2)cc1. The maximum atomic E-state index is 12.7. The number of nitrogens with zero attached hydrogens (tertiary/aromatic N) is 2. The van der Waals surface area contributed by atoms with Gasteiger partial charge >= 0.3 is 0 Å². The quantitative estimate of drug-likeness (QED) is 0.603. The van der Waals surface area contributed by atoms with E-state index < -0.39 is 0 Å². The number of amides is 2. The van der Waals surface area contributed by atoms with E-state index in [9.17, 15) is 9.59 Å². The van der Waals surface area contributed by atoms with Gasteiger partial charge in [-0.15, -0.1) is 0 Å². The van der Waals surface area contributed by atoms with Crippen LogP contribution in [-0.2, 0) is 4.79 Å². The van der Waals surface area contributed by atoms with Gasteiger partial charge in [-0.25, -0.2) is 9.97 Å². The van der Waals surface area contributed by atoms with Crippen LogP contribution in [0.3, 0.4) is 0 Å². The van der Waals surface area contributed by atoms with E-state index in [0.717, 1.165) is 28.1 Å². The van der Waals surface area contributed by atoms with Crippen molar-refractivity contribution in [3.8, 4) is 0 Å². The number of hydrogen-bond donors (Lipinski definition) is 3. The van der Waals surface area contributed by atoms with Gasteiger partial charge in [-0.3, -0.25) is 9.59 Å². The van der Waals surface area contributed by atoms with Crippen LogP contribution in [0.4, 0.5) is 22.9 Å². The second kappa shape index (κ2) is 8.52. The number of benzene rings is 2. The normalized spacial score (nSPS) is 10.3. The number of rotatable bonds is 5. The lowest BCUT2D eigenvalue weighted by Crippen LogP contribution is -2.16. The van der Waals surface area contributed by atoms with Gasteiger partial charge in [-0.05, 0) is 56.2 Å². The Hall–Kier alpha value is -3.74. The first-order valence-electron chi connectivity index (χ1n) is 9.18. The van der Waals surface area contributed by atoms with Crippen LogP contribution in [-0.4, -0.2) is 21.8 Å². The Labute approximate surface area is 169 Å². The molecule has 0 atom stereocenters. The number of aromatic nitrogens is 2. The van der Waals surface area contributed by atoms with Crippen molar-refractivity contribution in [2.24, 2.45) is 0 Å². The molecular formula is C22H23N5O2. The highest BCUT2D eigenvalue weighted by Crippen LogP contribution is 2.23. The van der Waals surface area contributed by atoms with E-state index in [4.69, 9.17) is 0 Å². The second-order valence-electron chi connectivity index (χ2n) is 6.90. The fraction of sp³-hybridized carbons (Fsp3) is 0.182. The predicted molar refractivity (Wildman–Crippen MR) is 115 cm³/mol. The molecule has 148 valence electrons. The van der Waals surface area contributed by atoms with Crippen molar-refractivity contribution in [3.63, 3.8) is 0 Å². The molecule has 0 unspecified atom stereocenters. The molecule has 0 spiro atoms. The first kappa shape index (κ1) is 20.0. The minimum absolute atomic E-state index is 0.129. The van der Waals surface area contributed by atoms with E-state index in [0.29, 0.717) is 11.5 Å². The molecule has 2 aromatic carbocycles. The molecule has 0 aliphatic heterocycles. The largest absolute Gasteiger partial charge is 0.340 e. The first-order chi connectivity index (χ1) is 13.8. The summed E-state index contributed by atoms with van der Waals surface area (Å²) < 4.78 is 0. The van der Waals surface area contributed by atoms with Crippen LogP contribution >= 0.6 is 0 Å². The van der Waals surface area contributed by atoms with Gasteiger partial charge in [0.15, 0.2) is 0 Å². The number of carbonyl (C=O) groups is 2. The molecule has 0 radical (unpaired) electrons. The van der Waals surface area contributed by atoms with E-state index in [1.165, 1.54) is 13.3 Å². The molecule has 29 heavy (non-hydrogen) atoms. The lowest BCUT2D eigenvalue weighted by Gasteiger charge is -2.13. The highest BCUT2D eigenvalue weighted by Gasteiger charge is 2.13. The molecule has 0 bridgehead atoms. The zero-order valence-corrected chi connectivity index (χ0v) is 16.8. The lowest BCUT2D eigenvalue weighted by molar-refractivity contribution is -0.114. The van der Waals surface area contributed by atoms with Crippen molar-refractivity contribution in [2.75, 3.05) is 16.0 Å². The Morgan fingerprint density at radius 2 is 1.45 bits per heavy atom. The van der Waals surface area contributed by atoms with Gasteiger partial charge in [0.25, 0.3) is 5.91 Å². The molecule has 3 aromatic rings. The summed E-state index contributed by atoms with van der Waals surface area (Å²) in [5, 5.41) is 8.78. The third-order valence-corrected chi connectivity index (χ3v) is 4.29. The van der Waals surface area contributed by atoms with Crippen LogP contribution in [0, 0.1) is 20.8 Å². The summed E-state index contributed by atoms with van der Waals surface area (Å²) in [6.07, 6.45) is 1.35. The number of hydrogen-bond acceptors (Lipinski definition) is 5. The molecule has 3 N–H and O–H groups in total. The summed E-state index contributed by atoms with van der Waals surface area (Å²) in [6, 6.07) is 12.8. The fourth-order valence-corrected chi connectivity index (χ4v) is 3.09. The van der Waals surface area contributed by atoms with Gasteiger partial charge < -0.3 is 16.0 Å². The van der Waals surface area contributed by atoms with Gasteiger partial charge in [0, 0.05) is 30.1 Å². The fourth-order valence-electron chi connectivity index (χ4n) is 3.09. The molecule has 7 nitrogen and oxygen atoms in total. The van der Waals surface area contributed by atoms with E-state index >= 15 is 0 Å². The third-order valence-electron chi connectivity index (χ3n) is 4.29. The number of nitrogens with one attached hydrogen (secondary N) is 3. The maximum Gasteiger partial charge on any atom is 0.274 e. The Bertz CT molecular complexity index is 1040. The summed E-state index contributed by atoms with van der Waals surface area (Å²) in [7, 11) is 0. The van der Waals surface area contributed by atoms with Crippen LogP contribution in [0.15, 0.2) is 48.8 Å². The summed E-state index contributed by atoms with van der Waals surface area (Å²) in [5.41, 5.74) is 5.68. The maximum absolute atomic E-state index is 12.7. The molecule has 2 amide bonds. The van der Waals surface area contributed by atoms with Gasteiger partial charge in [-0.2, -0.15) is 0 Å². The molecule has 0 aliphatic rings. The van der Waals surface area contributed by atoms with E-state index in [2.05, 4.69) is 25.9 Å². The molecule has 0 saturated heterocycles. The van der Waals surface area contributed by atoms with Gasteiger partial charge in [-0.1, -0.05) is 17.7 Å². The van der Waals surface area contributed by atoms with Crippen molar-refractivity contribution in [1.29, 1.82) is 0 Å². The van der Waals surface area contributed by atoms with Crippen LogP contribution < -0.4 is 16.0 Å². The van der Waals surface area contributed by atoms with Gasteiger partial charge in [0.05, 0.1) is 0 Å². The molecule has 1 aromatic heterocycles. The highest BCUT2D eigenvalue weighted by molar-refractivity contribution is 6.04. The summed E-state index contributed by atoms with van der Waals surface area (Å²) in [5.74, 6) is 0.0671. The summed E-state index contributed by atoms with van der Waals surface area (Å²) >= 11 is 0. The third kappa shape index (κ3) is 5.16. The van der Waals surface area contributed by atoms with Crippen LogP contribution in [0.1, 0.15) is 34.1 Å². The predicted octanol–water partition coefficient (Wildman–Crippen LogP) is 4.36. The molecule has 1 heterocycles. The number of aryl methyl sites for hydroxylation is 3. The number of anilines is 4. The molecule has 0 fully saturated rings. The topological polar surface area (TPSA) is 96.0 Å². The zero-order chi connectivity index (χ0) is 21.0. The van der Waals surface area contributed by atoms with E-state index in [1.807, 2.05) is 45.0 Å². The van der Waals surface area contributed by atoms with Crippen molar-refractivity contribution >= 4 is 34.7 Å². The second-order valence-corrected chi connectivity index (χ2v) is 6.90. The standard InChI is InChI=1S/C22H23N5O2/c1-13-9-14(2)21(15(3)10-13)27-22(29)19-11-20(24-12-23-19)26-18-7-5-17(6-8-18)25-16(4)28/h5-12H,1-4H3,(H,25,28)(H,27,29)(H,23,24,26). The van der Waals surface area contributed by atoms with Crippen molar-refractivity contribution in [2.45, 2.75) is 27.7 Å². The highest BCUT2D eigenvalue weighted by atomic mass is 16.2. The Morgan fingerprint density at radius 1 is 0.828 bits per heavy atom.